The van der Waals surface area contributed by atoms with E-state index in [2.05, 4.69) is 0 Å². The molecule has 1 heterocycles. The Morgan fingerprint density at radius 2 is 1.85 bits per heavy atom. The molecule has 3 fully saturated rings. The summed E-state index contributed by atoms with van der Waals surface area (Å²) >= 11 is 0. The Labute approximate surface area is 161 Å². The van der Waals surface area contributed by atoms with Gasteiger partial charge in [-0.05, 0) is 52.4 Å². The highest BCUT2D eigenvalue weighted by Gasteiger charge is 2.54. The summed E-state index contributed by atoms with van der Waals surface area (Å²) in [6.07, 6.45) is 5.00. The second kappa shape index (κ2) is 7.44. The van der Waals surface area contributed by atoms with E-state index in [4.69, 9.17) is 14.2 Å². The van der Waals surface area contributed by atoms with Crippen molar-refractivity contribution in [2.75, 3.05) is 0 Å². The summed E-state index contributed by atoms with van der Waals surface area (Å²) in [5.41, 5.74) is -1.00. The van der Waals surface area contributed by atoms with Gasteiger partial charge in [0.1, 0.15) is 17.8 Å². The Morgan fingerprint density at radius 3 is 2.44 bits per heavy atom. The van der Waals surface area contributed by atoms with Gasteiger partial charge in [0.15, 0.2) is 0 Å². The van der Waals surface area contributed by atoms with Gasteiger partial charge in [-0.15, -0.1) is 0 Å². The van der Waals surface area contributed by atoms with E-state index in [1.54, 1.807) is 0 Å². The first-order chi connectivity index (χ1) is 12.7. The molecule has 27 heavy (non-hydrogen) atoms. The summed E-state index contributed by atoms with van der Waals surface area (Å²) in [5.74, 6) is -2.09. The average molecular weight is 380 g/mol. The third kappa shape index (κ3) is 3.85. The van der Waals surface area contributed by atoms with Crippen LogP contribution in [-0.2, 0) is 28.6 Å². The molecule has 0 spiro atoms. The fraction of sp³-hybridized carbons (Fsp3) is 0.857. The van der Waals surface area contributed by atoms with Gasteiger partial charge in [0, 0.05) is 12.8 Å². The van der Waals surface area contributed by atoms with Crippen LogP contribution in [0.3, 0.4) is 0 Å². The lowest BCUT2D eigenvalue weighted by molar-refractivity contribution is -0.176. The fourth-order valence-corrected chi connectivity index (χ4v) is 4.42. The highest BCUT2D eigenvalue weighted by atomic mass is 16.6. The molecule has 2 saturated carbocycles. The Balaban J connectivity index is 1.72. The lowest BCUT2D eigenvalue weighted by Gasteiger charge is -2.35. The molecule has 0 N–H and O–H groups in total. The second-order valence-corrected chi connectivity index (χ2v) is 9.01. The van der Waals surface area contributed by atoms with Crippen molar-refractivity contribution >= 4 is 17.9 Å². The number of rotatable bonds is 6. The Hall–Kier alpha value is -1.59. The number of carbonyl (C=O) groups is 3. The Kier molecular flexibility index (Phi) is 5.55. The minimum Gasteiger partial charge on any atom is -0.459 e. The molecule has 4 atom stereocenters. The standard InChI is InChI=1S/C21H32O6/c1-5-20(3,4)19(24)26-16-12-14(13-11-15(16)25-17(13)22)18(23)27-21(6-2)9-7-8-10-21/h13-16H,5-12H2,1-4H3. The summed E-state index contributed by atoms with van der Waals surface area (Å²) in [6.45, 7) is 7.63. The zero-order valence-corrected chi connectivity index (χ0v) is 16.9. The van der Waals surface area contributed by atoms with E-state index in [-0.39, 0.29) is 17.9 Å². The van der Waals surface area contributed by atoms with Gasteiger partial charge in [-0.3, -0.25) is 14.4 Å². The Morgan fingerprint density at radius 1 is 1.19 bits per heavy atom. The van der Waals surface area contributed by atoms with Crippen molar-refractivity contribution < 1.29 is 28.6 Å². The number of hydrogen-bond donors (Lipinski definition) is 0. The topological polar surface area (TPSA) is 78.9 Å². The minimum atomic E-state index is -0.606. The number of ether oxygens (including phenoxy) is 3. The molecular weight excluding hydrogens is 348 g/mol. The molecule has 2 aliphatic carbocycles. The molecule has 1 saturated heterocycles. The van der Waals surface area contributed by atoms with Gasteiger partial charge in [0.2, 0.25) is 0 Å². The predicted molar refractivity (Wildman–Crippen MR) is 97.6 cm³/mol. The molecular formula is C21H32O6. The molecule has 0 aromatic carbocycles. The van der Waals surface area contributed by atoms with Crippen molar-refractivity contribution in [2.24, 2.45) is 17.3 Å². The maximum Gasteiger partial charge on any atom is 0.311 e. The minimum absolute atomic E-state index is 0.297. The highest BCUT2D eigenvalue weighted by Crippen LogP contribution is 2.43. The van der Waals surface area contributed by atoms with Crippen LogP contribution in [0.15, 0.2) is 0 Å². The molecule has 4 unspecified atom stereocenters. The Bertz CT molecular complexity index is 604. The van der Waals surface area contributed by atoms with Crippen molar-refractivity contribution in [1.82, 2.24) is 0 Å². The summed E-state index contributed by atoms with van der Waals surface area (Å²) in [7, 11) is 0. The molecule has 0 radical (unpaired) electrons. The van der Waals surface area contributed by atoms with Gasteiger partial charge < -0.3 is 14.2 Å². The first-order valence-electron chi connectivity index (χ1n) is 10.4. The van der Waals surface area contributed by atoms with Crippen LogP contribution in [0.1, 0.15) is 79.1 Å². The van der Waals surface area contributed by atoms with E-state index < -0.39 is 35.1 Å². The van der Waals surface area contributed by atoms with Crippen LogP contribution in [-0.4, -0.2) is 35.7 Å². The van der Waals surface area contributed by atoms with Crippen LogP contribution in [0.5, 0.6) is 0 Å². The molecule has 3 rings (SSSR count). The number of carbonyl (C=O) groups excluding carboxylic acids is 3. The smallest absolute Gasteiger partial charge is 0.311 e. The maximum atomic E-state index is 13.0. The number of hydrogen-bond acceptors (Lipinski definition) is 6. The van der Waals surface area contributed by atoms with Crippen LogP contribution in [0.4, 0.5) is 0 Å². The van der Waals surface area contributed by atoms with Gasteiger partial charge in [0.25, 0.3) is 0 Å². The molecule has 0 aromatic heterocycles. The van der Waals surface area contributed by atoms with Crippen molar-refractivity contribution in [1.29, 1.82) is 0 Å². The molecule has 3 aliphatic rings. The summed E-state index contributed by atoms with van der Waals surface area (Å²) in [4.78, 5) is 37.7. The van der Waals surface area contributed by atoms with Crippen molar-refractivity contribution in [2.45, 2.75) is 96.9 Å². The van der Waals surface area contributed by atoms with Crippen LogP contribution >= 0.6 is 0 Å². The second-order valence-electron chi connectivity index (χ2n) is 9.01. The SMILES string of the molecule is CCC1(OC(=O)C2CC(OC(=O)C(C)(C)CC)C3CC2C(=O)O3)CCCC1. The van der Waals surface area contributed by atoms with E-state index in [1.807, 2.05) is 27.7 Å². The molecule has 2 bridgehead atoms. The molecule has 0 amide bonds. The summed E-state index contributed by atoms with van der Waals surface area (Å²) < 4.78 is 17.1. The molecule has 0 aromatic rings. The lowest BCUT2D eigenvalue weighted by atomic mass is 9.78. The fourth-order valence-electron chi connectivity index (χ4n) is 4.42. The van der Waals surface area contributed by atoms with E-state index in [9.17, 15) is 14.4 Å². The summed E-state index contributed by atoms with van der Waals surface area (Å²) in [5, 5.41) is 0. The van der Waals surface area contributed by atoms with Gasteiger partial charge >= 0.3 is 17.9 Å². The first kappa shape index (κ1) is 20.2. The van der Waals surface area contributed by atoms with Gasteiger partial charge in [-0.25, -0.2) is 0 Å². The van der Waals surface area contributed by atoms with Gasteiger partial charge in [-0.2, -0.15) is 0 Å². The predicted octanol–water partition coefficient (Wildman–Crippen LogP) is 3.55. The zero-order valence-electron chi connectivity index (χ0n) is 16.9. The van der Waals surface area contributed by atoms with Gasteiger partial charge in [-0.1, -0.05) is 13.8 Å². The number of esters is 3. The van der Waals surface area contributed by atoms with E-state index in [1.165, 1.54) is 0 Å². The molecule has 152 valence electrons. The van der Waals surface area contributed by atoms with Crippen LogP contribution in [0.25, 0.3) is 0 Å². The molecule has 6 heteroatoms. The maximum absolute atomic E-state index is 13.0. The lowest BCUT2D eigenvalue weighted by Crippen LogP contribution is -2.44. The van der Waals surface area contributed by atoms with Crippen LogP contribution < -0.4 is 0 Å². The molecule has 1 aliphatic heterocycles. The average Bonchev–Trinajstić information content (AvgIpc) is 3.23. The first-order valence-corrected chi connectivity index (χ1v) is 10.4. The van der Waals surface area contributed by atoms with E-state index in [0.29, 0.717) is 19.3 Å². The quantitative estimate of drug-likeness (QED) is 0.518. The van der Waals surface area contributed by atoms with Crippen molar-refractivity contribution in [3.8, 4) is 0 Å². The zero-order chi connectivity index (χ0) is 19.8. The highest BCUT2D eigenvalue weighted by molar-refractivity contribution is 5.84. The van der Waals surface area contributed by atoms with Gasteiger partial charge in [0.05, 0.1) is 17.3 Å². The third-order valence-electron chi connectivity index (χ3n) is 6.92. The van der Waals surface area contributed by atoms with E-state index in [0.717, 1.165) is 32.1 Å². The largest absolute Gasteiger partial charge is 0.459 e. The third-order valence-corrected chi connectivity index (χ3v) is 6.92. The molecule has 6 nitrogen and oxygen atoms in total. The van der Waals surface area contributed by atoms with Crippen molar-refractivity contribution in [3.63, 3.8) is 0 Å². The van der Waals surface area contributed by atoms with Crippen molar-refractivity contribution in [3.05, 3.63) is 0 Å². The number of fused-ring (bicyclic) bond motifs is 2. The van der Waals surface area contributed by atoms with E-state index >= 15 is 0 Å². The van der Waals surface area contributed by atoms with Crippen LogP contribution in [0, 0.1) is 17.3 Å². The van der Waals surface area contributed by atoms with Crippen LogP contribution in [0.2, 0.25) is 0 Å². The normalized spacial score (nSPS) is 32.1. The monoisotopic (exact) mass is 380 g/mol. The summed E-state index contributed by atoms with van der Waals surface area (Å²) in [6, 6.07) is 0.